The first-order chi connectivity index (χ1) is 23.9. The van der Waals surface area contributed by atoms with E-state index >= 15 is 0 Å². The maximum atomic E-state index is 4.64. The van der Waals surface area contributed by atoms with Gasteiger partial charge in [-0.05, 0) is 144 Å². The molecule has 1 aromatic carbocycles. The van der Waals surface area contributed by atoms with Crippen LogP contribution in [0.25, 0.3) is 11.1 Å². The second-order valence-electron chi connectivity index (χ2n) is 13.6. The molecule has 0 radical (unpaired) electrons. The summed E-state index contributed by atoms with van der Waals surface area (Å²) in [5, 5.41) is 0. The molecule has 250 valence electrons. The van der Waals surface area contributed by atoms with E-state index in [-0.39, 0.29) is 0 Å². The first-order valence-electron chi connectivity index (χ1n) is 18.2. The summed E-state index contributed by atoms with van der Waals surface area (Å²) in [5.74, 6) is 0.810. The second kappa shape index (κ2) is 17.6. The Kier molecular flexibility index (Phi) is 12.8. The number of rotatable bonds is 13. The Bertz CT molecular complexity index is 1820. The van der Waals surface area contributed by atoms with E-state index in [1.807, 2.05) is 6.08 Å². The molecule has 49 heavy (non-hydrogen) atoms. The average Bonchev–Trinajstić information content (AvgIpc) is 3.16. The first-order valence-corrected chi connectivity index (χ1v) is 18.2. The summed E-state index contributed by atoms with van der Waals surface area (Å²) in [4.78, 5) is 0. The van der Waals surface area contributed by atoms with Gasteiger partial charge < -0.3 is 0 Å². The summed E-state index contributed by atoms with van der Waals surface area (Å²) in [6.07, 6.45) is 46.8. The lowest BCUT2D eigenvalue weighted by molar-refractivity contribution is 0.668. The molecule has 0 heterocycles. The van der Waals surface area contributed by atoms with Crippen LogP contribution in [0.3, 0.4) is 0 Å². The number of allylic oxidation sites excluding steroid dienone is 27. The van der Waals surface area contributed by atoms with E-state index in [2.05, 4.69) is 162 Å². The number of benzene rings is 1. The van der Waals surface area contributed by atoms with E-state index in [9.17, 15) is 0 Å². The van der Waals surface area contributed by atoms with Crippen molar-refractivity contribution in [3.63, 3.8) is 0 Å². The first kappa shape index (κ1) is 35.6. The van der Waals surface area contributed by atoms with Crippen LogP contribution in [-0.2, 0) is 0 Å². The van der Waals surface area contributed by atoms with Gasteiger partial charge >= 0.3 is 0 Å². The van der Waals surface area contributed by atoms with Gasteiger partial charge in [0.25, 0.3) is 0 Å². The van der Waals surface area contributed by atoms with Crippen LogP contribution in [0.4, 0.5) is 0 Å². The van der Waals surface area contributed by atoms with Gasteiger partial charge in [0.05, 0.1) is 0 Å². The highest BCUT2D eigenvalue weighted by Crippen LogP contribution is 2.38. The largest absolute Gasteiger partial charge is 0.0990 e. The van der Waals surface area contributed by atoms with Gasteiger partial charge in [0.1, 0.15) is 0 Å². The fraction of sp³-hybridized carbons (Fsp3) is 0.265. The van der Waals surface area contributed by atoms with Crippen molar-refractivity contribution in [1.82, 2.24) is 0 Å². The molecular formula is C49H54. The van der Waals surface area contributed by atoms with E-state index in [4.69, 9.17) is 0 Å². The van der Waals surface area contributed by atoms with Crippen LogP contribution in [0.15, 0.2) is 192 Å². The number of hydrogen-bond donors (Lipinski definition) is 0. The van der Waals surface area contributed by atoms with Crippen molar-refractivity contribution < 1.29 is 0 Å². The Balaban J connectivity index is 1.44. The van der Waals surface area contributed by atoms with E-state index in [1.165, 1.54) is 44.6 Å². The molecule has 4 aliphatic carbocycles. The smallest absolute Gasteiger partial charge is 0.00525 e. The monoisotopic (exact) mass is 642 g/mol. The molecule has 0 saturated carbocycles. The summed E-state index contributed by atoms with van der Waals surface area (Å²) < 4.78 is 0. The zero-order valence-electron chi connectivity index (χ0n) is 30.1. The predicted octanol–water partition coefficient (Wildman–Crippen LogP) is 14.0. The average molecular weight is 643 g/mol. The Morgan fingerprint density at radius 2 is 1.78 bits per heavy atom. The molecule has 5 rings (SSSR count). The van der Waals surface area contributed by atoms with Crippen LogP contribution in [0.1, 0.15) is 83.3 Å². The molecule has 0 nitrogen and oxygen atoms in total. The van der Waals surface area contributed by atoms with Gasteiger partial charge in [-0.2, -0.15) is 0 Å². The van der Waals surface area contributed by atoms with Crippen molar-refractivity contribution in [3.05, 3.63) is 203 Å². The lowest BCUT2D eigenvalue weighted by Gasteiger charge is -2.25. The van der Waals surface area contributed by atoms with Crippen LogP contribution >= 0.6 is 0 Å². The van der Waals surface area contributed by atoms with Crippen LogP contribution in [-0.4, -0.2) is 0 Å². The Morgan fingerprint density at radius 3 is 2.49 bits per heavy atom. The molecule has 1 aromatic rings. The zero-order chi connectivity index (χ0) is 34.6. The minimum Gasteiger partial charge on any atom is -0.0990 e. The minimum atomic E-state index is 0.357. The SMILES string of the molecule is C=C/C=C(/C(=C)/C=C(\C[C@@H](C)C1=C(/C(C)=C/C(=C\C)C2C=CC=CC2)CCC=C1)C1=CC=CCC1)C(=C)c1cccc(C2=CCCC=C2)c1. The fourth-order valence-electron chi connectivity index (χ4n) is 7.41. The third-order valence-corrected chi connectivity index (χ3v) is 10.1. The Morgan fingerprint density at radius 1 is 0.939 bits per heavy atom. The molecule has 0 aliphatic heterocycles. The van der Waals surface area contributed by atoms with Gasteiger partial charge in [-0.25, -0.2) is 0 Å². The predicted molar refractivity (Wildman–Crippen MR) is 217 cm³/mol. The summed E-state index contributed by atoms with van der Waals surface area (Å²) in [7, 11) is 0. The third-order valence-electron chi connectivity index (χ3n) is 10.1. The van der Waals surface area contributed by atoms with Crippen LogP contribution in [0.5, 0.6) is 0 Å². The minimum absolute atomic E-state index is 0.357. The highest BCUT2D eigenvalue weighted by Gasteiger charge is 2.21. The molecule has 0 spiro atoms. The quantitative estimate of drug-likeness (QED) is 0.188. The summed E-state index contributed by atoms with van der Waals surface area (Å²) >= 11 is 0. The fourth-order valence-corrected chi connectivity index (χ4v) is 7.41. The topological polar surface area (TPSA) is 0 Å². The maximum absolute atomic E-state index is 4.64. The van der Waals surface area contributed by atoms with Crippen LogP contribution in [0.2, 0.25) is 0 Å². The van der Waals surface area contributed by atoms with Crippen molar-refractivity contribution >= 4 is 11.1 Å². The zero-order valence-corrected chi connectivity index (χ0v) is 30.1. The van der Waals surface area contributed by atoms with Crippen LogP contribution in [0, 0.1) is 11.8 Å². The van der Waals surface area contributed by atoms with E-state index < -0.39 is 0 Å². The molecule has 0 bridgehead atoms. The molecule has 0 heteroatoms. The molecule has 4 aliphatic rings. The maximum Gasteiger partial charge on any atom is 0.00525 e. The molecule has 0 N–H and O–H groups in total. The third kappa shape index (κ3) is 9.27. The normalized spacial score (nSPS) is 20.7. The van der Waals surface area contributed by atoms with Gasteiger partial charge in [-0.3, -0.25) is 0 Å². The van der Waals surface area contributed by atoms with Gasteiger partial charge in [0.15, 0.2) is 0 Å². The van der Waals surface area contributed by atoms with Crippen molar-refractivity contribution in [2.24, 2.45) is 11.8 Å². The molecule has 1 unspecified atom stereocenters. The van der Waals surface area contributed by atoms with Crippen molar-refractivity contribution in [1.29, 1.82) is 0 Å². The van der Waals surface area contributed by atoms with Crippen LogP contribution < -0.4 is 0 Å². The lowest BCUT2D eigenvalue weighted by atomic mass is 9.79. The number of hydrogen-bond acceptors (Lipinski definition) is 0. The molecule has 0 fully saturated rings. The highest BCUT2D eigenvalue weighted by atomic mass is 14.3. The molecule has 0 saturated heterocycles. The van der Waals surface area contributed by atoms with Crippen molar-refractivity contribution in [2.75, 3.05) is 0 Å². The van der Waals surface area contributed by atoms with Gasteiger partial charge in [-0.15, -0.1) is 0 Å². The highest BCUT2D eigenvalue weighted by molar-refractivity contribution is 5.86. The Labute approximate surface area is 297 Å². The molecule has 2 atom stereocenters. The van der Waals surface area contributed by atoms with Gasteiger partial charge in [-0.1, -0.05) is 148 Å². The van der Waals surface area contributed by atoms with E-state index in [0.29, 0.717) is 11.8 Å². The van der Waals surface area contributed by atoms with Crippen molar-refractivity contribution in [2.45, 2.75) is 72.1 Å². The lowest BCUT2D eigenvalue weighted by Crippen LogP contribution is -2.09. The standard InChI is InChI=1S/C49H54/c1-7-21-47(39(6)44-28-20-29-45(35-44)42-24-14-10-15-25-42)36(3)33-46(43-26-16-11-17-27-43)34-38(5)49-31-19-18-30-48(49)37(4)32-40(8-2)41-22-12-9-13-23-41/h7-9,11-14,16,19-22,24-26,28-29,31-33,35,38,41H,1,3,6,10,15,17-18,23,27,30,34H2,2,4-5H3/b37-32+,40-8+,46-33+,47-21-/t38-,41?/m1/s1. The van der Waals surface area contributed by atoms with E-state index in [0.717, 1.165) is 73.6 Å². The summed E-state index contributed by atoms with van der Waals surface area (Å²) in [6, 6.07) is 8.74. The van der Waals surface area contributed by atoms with Gasteiger partial charge in [0, 0.05) is 5.92 Å². The second-order valence-corrected chi connectivity index (χ2v) is 13.6. The molecule has 0 aromatic heterocycles. The molecular weight excluding hydrogens is 589 g/mol. The summed E-state index contributed by atoms with van der Waals surface area (Å²) in [6.45, 7) is 20.2. The van der Waals surface area contributed by atoms with E-state index in [1.54, 1.807) is 0 Å². The Hall–Kier alpha value is -4.68. The summed E-state index contributed by atoms with van der Waals surface area (Å²) in [5.41, 5.74) is 15.1. The van der Waals surface area contributed by atoms with Crippen molar-refractivity contribution in [3.8, 4) is 0 Å². The van der Waals surface area contributed by atoms with Gasteiger partial charge in [0.2, 0.25) is 0 Å². The molecule has 0 amide bonds.